The molecule has 0 bridgehead atoms. The van der Waals surface area contributed by atoms with E-state index in [1.165, 1.54) is 12.8 Å². The van der Waals surface area contributed by atoms with Gasteiger partial charge in [-0.3, -0.25) is 4.79 Å². The van der Waals surface area contributed by atoms with Crippen molar-refractivity contribution in [2.45, 2.75) is 18.2 Å². The summed E-state index contributed by atoms with van der Waals surface area (Å²) in [5.41, 5.74) is 0.504. The van der Waals surface area contributed by atoms with Gasteiger partial charge in [-0.05, 0) is 30.9 Å². The zero-order valence-corrected chi connectivity index (χ0v) is 10.3. The molecule has 1 amide bonds. The Morgan fingerprint density at radius 3 is 2.75 bits per heavy atom. The van der Waals surface area contributed by atoms with Crippen LogP contribution >= 0.6 is 23.2 Å². The Balaban J connectivity index is 1.90. The molecule has 1 aliphatic rings. The Hall–Kier alpha value is -0.730. The molecule has 1 unspecified atom stereocenters. The van der Waals surface area contributed by atoms with E-state index in [0.29, 0.717) is 23.0 Å². The van der Waals surface area contributed by atoms with Crippen molar-refractivity contribution in [2.75, 3.05) is 6.54 Å². The highest BCUT2D eigenvalue weighted by Crippen LogP contribution is 2.35. The predicted molar refractivity (Wildman–Crippen MR) is 66.2 cm³/mol. The molecule has 0 heterocycles. The van der Waals surface area contributed by atoms with Crippen LogP contribution in [0.2, 0.25) is 5.02 Å². The fourth-order valence-corrected chi connectivity index (χ4v) is 2.11. The Labute approximate surface area is 105 Å². The number of halogens is 2. The molecule has 1 atom stereocenters. The molecule has 1 aromatic carbocycles. The molecule has 1 N–H and O–H groups in total. The lowest BCUT2D eigenvalue weighted by Crippen LogP contribution is -2.30. The maximum atomic E-state index is 11.8. The van der Waals surface area contributed by atoms with Crippen LogP contribution in [0.4, 0.5) is 0 Å². The van der Waals surface area contributed by atoms with Crippen molar-refractivity contribution < 1.29 is 4.79 Å². The van der Waals surface area contributed by atoms with E-state index in [1.807, 2.05) is 0 Å². The van der Waals surface area contributed by atoms with Gasteiger partial charge in [-0.2, -0.15) is 0 Å². The van der Waals surface area contributed by atoms with Crippen molar-refractivity contribution in [1.82, 2.24) is 5.32 Å². The molecular weight excluding hydrogens is 245 g/mol. The first kappa shape index (κ1) is 11.7. The molecule has 1 saturated carbocycles. The number of hydrogen-bond donors (Lipinski definition) is 1. The minimum Gasteiger partial charge on any atom is -0.350 e. The maximum Gasteiger partial charge on any atom is 0.252 e. The highest BCUT2D eigenvalue weighted by Gasteiger charge is 2.29. The second kappa shape index (κ2) is 5.07. The first-order chi connectivity index (χ1) is 7.68. The minimum absolute atomic E-state index is 0.0476. The van der Waals surface area contributed by atoms with Crippen molar-refractivity contribution >= 4 is 29.1 Å². The van der Waals surface area contributed by atoms with Crippen LogP contribution in [0.25, 0.3) is 0 Å². The average molecular weight is 258 g/mol. The summed E-state index contributed by atoms with van der Waals surface area (Å²) >= 11 is 12.0. The largest absolute Gasteiger partial charge is 0.350 e. The molecule has 1 aromatic rings. The van der Waals surface area contributed by atoms with Crippen molar-refractivity contribution in [1.29, 1.82) is 0 Å². The summed E-state index contributed by atoms with van der Waals surface area (Å²) < 4.78 is 0. The summed E-state index contributed by atoms with van der Waals surface area (Å²) in [7, 11) is 0. The molecular formula is C12H13Cl2NO. The van der Waals surface area contributed by atoms with Crippen molar-refractivity contribution in [3.8, 4) is 0 Å². The maximum absolute atomic E-state index is 11.8. The molecule has 2 nitrogen and oxygen atoms in total. The molecule has 0 aromatic heterocycles. The number of hydrogen-bond acceptors (Lipinski definition) is 1. The fraction of sp³-hybridized carbons (Fsp3) is 0.417. The summed E-state index contributed by atoms with van der Waals surface area (Å²) in [6.07, 6.45) is 2.35. The van der Waals surface area contributed by atoms with E-state index < -0.39 is 0 Å². The molecule has 16 heavy (non-hydrogen) atoms. The van der Waals surface area contributed by atoms with E-state index in [0.717, 1.165) is 0 Å². The van der Waals surface area contributed by atoms with Gasteiger partial charge in [0.25, 0.3) is 5.91 Å². The van der Waals surface area contributed by atoms with Gasteiger partial charge in [0.05, 0.1) is 16.0 Å². The van der Waals surface area contributed by atoms with Crippen molar-refractivity contribution in [3.05, 3.63) is 34.9 Å². The molecule has 0 spiro atoms. The Morgan fingerprint density at radius 1 is 1.44 bits per heavy atom. The standard InChI is InChI=1S/C12H13Cl2NO/c13-10-4-2-1-3-9(10)12(16)15-7-11(14)8-5-6-8/h1-4,8,11H,5-7H2,(H,15,16). The van der Waals surface area contributed by atoms with E-state index in [-0.39, 0.29) is 11.3 Å². The third-order valence-electron chi connectivity index (χ3n) is 2.71. The summed E-state index contributed by atoms with van der Waals surface area (Å²) in [4.78, 5) is 11.8. The SMILES string of the molecule is O=C(NCC(Cl)C1CC1)c1ccccc1Cl. The zero-order valence-electron chi connectivity index (χ0n) is 8.75. The lowest BCUT2D eigenvalue weighted by molar-refractivity contribution is 0.0953. The highest BCUT2D eigenvalue weighted by molar-refractivity contribution is 6.33. The number of rotatable bonds is 4. The third kappa shape index (κ3) is 2.89. The van der Waals surface area contributed by atoms with Crippen molar-refractivity contribution in [2.24, 2.45) is 5.92 Å². The smallest absolute Gasteiger partial charge is 0.252 e. The summed E-state index contributed by atoms with van der Waals surface area (Å²) in [5, 5.41) is 3.32. The third-order valence-corrected chi connectivity index (χ3v) is 3.55. The average Bonchev–Trinajstić information content (AvgIpc) is 3.10. The molecule has 0 saturated heterocycles. The summed E-state index contributed by atoms with van der Waals surface area (Å²) in [6, 6.07) is 7.00. The molecule has 4 heteroatoms. The van der Waals surface area contributed by atoms with Crippen molar-refractivity contribution in [3.63, 3.8) is 0 Å². The summed E-state index contributed by atoms with van der Waals surface area (Å²) in [6.45, 7) is 0.510. The monoisotopic (exact) mass is 257 g/mol. The summed E-state index contributed by atoms with van der Waals surface area (Å²) in [5.74, 6) is 0.421. The quantitative estimate of drug-likeness (QED) is 0.826. The van der Waals surface area contributed by atoms with Gasteiger partial charge in [-0.25, -0.2) is 0 Å². The minimum atomic E-state index is -0.156. The van der Waals surface area contributed by atoms with Crippen LogP contribution in [0.5, 0.6) is 0 Å². The van der Waals surface area contributed by atoms with Crippen LogP contribution in [0, 0.1) is 5.92 Å². The lowest BCUT2D eigenvalue weighted by Gasteiger charge is -2.10. The van der Waals surface area contributed by atoms with Gasteiger partial charge in [0.15, 0.2) is 0 Å². The van der Waals surface area contributed by atoms with E-state index in [4.69, 9.17) is 23.2 Å². The molecule has 1 aliphatic carbocycles. The molecule has 0 radical (unpaired) electrons. The zero-order chi connectivity index (χ0) is 11.5. The Bertz CT molecular complexity index is 390. The molecule has 1 fully saturated rings. The van der Waals surface area contributed by atoms with Crippen LogP contribution in [-0.4, -0.2) is 17.8 Å². The van der Waals surface area contributed by atoms with E-state index >= 15 is 0 Å². The molecule has 86 valence electrons. The van der Waals surface area contributed by atoms with E-state index in [1.54, 1.807) is 24.3 Å². The van der Waals surface area contributed by atoms with Gasteiger partial charge in [-0.1, -0.05) is 23.7 Å². The van der Waals surface area contributed by atoms with Crippen LogP contribution in [0.15, 0.2) is 24.3 Å². The highest BCUT2D eigenvalue weighted by atomic mass is 35.5. The first-order valence-corrected chi connectivity index (χ1v) is 6.16. The number of carbonyl (C=O) groups is 1. The van der Waals surface area contributed by atoms with Crippen LogP contribution < -0.4 is 5.32 Å². The number of amides is 1. The van der Waals surface area contributed by atoms with Gasteiger partial charge in [0.2, 0.25) is 0 Å². The lowest BCUT2D eigenvalue weighted by atomic mass is 10.2. The normalized spacial score (nSPS) is 16.9. The van der Waals surface area contributed by atoms with Gasteiger partial charge >= 0.3 is 0 Å². The topological polar surface area (TPSA) is 29.1 Å². The first-order valence-electron chi connectivity index (χ1n) is 5.35. The predicted octanol–water partition coefficient (Wildman–Crippen LogP) is 3.09. The molecule has 2 rings (SSSR count). The van der Waals surface area contributed by atoms with Gasteiger partial charge in [0.1, 0.15) is 0 Å². The van der Waals surface area contributed by atoms with Gasteiger partial charge < -0.3 is 5.32 Å². The Kier molecular flexibility index (Phi) is 3.72. The molecule has 0 aliphatic heterocycles. The van der Waals surface area contributed by atoms with Crippen LogP contribution in [0.3, 0.4) is 0 Å². The van der Waals surface area contributed by atoms with Crippen LogP contribution in [0.1, 0.15) is 23.2 Å². The second-order valence-electron chi connectivity index (χ2n) is 4.04. The fourth-order valence-electron chi connectivity index (χ4n) is 1.56. The van der Waals surface area contributed by atoms with E-state index in [2.05, 4.69) is 5.32 Å². The second-order valence-corrected chi connectivity index (χ2v) is 5.01. The van der Waals surface area contributed by atoms with Gasteiger partial charge in [0, 0.05) is 6.54 Å². The van der Waals surface area contributed by atoms with Gasteiger partial charge in [-0.15, -0.1) is 11.6 Å². The van der Waals surface area contributed by atoms with Crippen LogP contribution in [-0.2, 0) is 0 Å². The number of alkyl halides is 1. The Morgan fingerprint density at radius 2 is 2.12 bits per heavy atom. The number of benzene rings is 1. The number of carbonyl (C=O) groups excluding carboxylic acids is 1. The van der Waals surface area contributed by atoms with E-state index in [9.17, 15) is 4.79 Å². The number of nitrogens with one attached hydrogen (secondary N) is 1.